The van der Waals surface area contributed by atoms with E-state index in [0.29, 0.717) is 11.4 Å². The molecule has 0 spiro atoms. The molecule has 0 saturated carbocycles. The van der Waals surface area contributed by atoms with Crippen molar-refractivity contribution in [2.45, 2.75) is 26.2 Å². The van der Waals surface area contributed by atoms with Gasteiger partial charge in [-0.1, -0.05) is 29.8 Å². The summed E-state index contributed by atoms with van der Waals surface area (Å²) in [4.78, 5) is 29.6. The van der Waals surface area contributed by atoms with Crippen molar-refractivity contribution in [2.75, 3.05) is 36.0 Å². The van der Waals surface area contributed by atoms with Crippen molar-refractivity contribution in [2.24, 2.45) is 0 Å². The standard InChI is InChI=1S/C24H23ClN6OS/c1-15-27-22(20-17-8-5-9-19(17)33-23(20)28-15)30-12-10-29(11-13-30)18-14-26-31(24(32)21(18)25)16-6-3-2-4-7-16/h2-4,6-7,14H,5,8-13H2,1H3. The van der Waals surface area contributed by atoms with Crippen molar-refractivity contribution >= 4 is 44.7 Å². The molecule has 7 nitrogen and oxygen atoms in total. The molecule has 0 amide bonds. The van der Waals surface area contributed by atoms with Crippen molar-refractivity contribution in [3.05, 3.63) is 68.2 Å². The van der Waals surface area contributed by atoms with Crippen molar-refractivity contribution < 1.29 is 0 Å². The Morgan fingerprint density at radius 3 is 2.55 bits per heavy atom. The summed E-state index contributed by atoms with van der Waals surface area (Å²) in [7, 11) is 0. The highest BCUT2D eigenvalue weighted by Gasteiger charge is 2.27. The smallest absolute Gasteiger partial charge is 0.292 e. The molecule has 3 aromatic heterocycles. The molecule has 1 aliphatic carbocycles. The van der Waals surface area contributed by atoms with Crippen LogP contribution in [0.1, 0.15) is 22.7 Å². The fourth-order valence-corrected chi connectivity index (χ4v) is 6.42. The summed E-state index contributed by atoms with van der Waals surface area (Å²) >= 11 is 8.36. The number of benzene rings is 1. The lowest BCUT2D eigenvalue weighted by atomic mass is 10.1. The number of thiophene rings is 1. The molecular formula is C24H23ClN6OS. The summed E-state index contributed by atoms with van der Waals surface area (Å²) in [5.74, 6) is 1.87. The summed E-state index contributed by atoms with van der Waals surface area (Å²) in [6.07, 6.45) is 5.19. The summed E-state index contributed by atoms with van der Waals surface area (Å²) in [6, 6.07) is 9.34. The van der Waals surface area contributed by atoms with Gasteiger partial charge in [-0.25, -0.2) is 9.97 Å². The number of para-hydroxylation sites is 1. The third kappa shape index (κ3) is 3.48. The van der Waals surface area contributed by atoms with E-state index in [1.54, 1.807) is 6.20 Å². The molecule has 168 valence electrons. The van der Waals surface area contributed by atoms with Gasteiger partial charge in [0.05, 0.1) is 23.0 Å². The molecule has 0 N–H and O–H groups in total. The number of anilines is 2. The predicted octanol–water partition coefficient (Wildman–Crippen LogP) is 4.01. The second-order valence-electron chi connectivity index (χ2n) is 8.50. The van der Waals surface area contributed by atoms with Crippen LogP contribution in [-0.4, -0.2) is 45.9 Å². The minimum atomic E-state index is -0.301. The molecule has 0 radical (unpaired) electrons. The molecule has 2 aliphatic rings. The van der Waals surface area contributed by atoms with Gasteiger partial charge in [-0.05, 0) is 43.9 Å². The Labute approximate surface area is 200 Å². The molecule has 9 heteroatoms. The van der Waals surface area contributed by atoms with Crippen LogP contribution in [0.3, 0.4) is 0 Å². The maximum absolute atomic E-state index is 12.9. The Balaban J connectivity index is 1.27. The number of rotatable bonds is 3. The van der Waals surface area contributed by atoms with E-state index in [1.165, 1.54) is 26.9 Å². The number of aromatic nitrogens is 4. The lowest BCUT2D eigenvalue weighted by molar-refractivity contribution is 0.644. The predicted molar refractivity (Wildman–Crippen MR) is 133 cm³/mol. The van der Waals surface area contributed by atoms with E-state index in [4.69, 9.17) is 21.6 Å². The topological polar surface area (TPSA) is 67.2 Å². The third-order valence-electron chi connectivity index (χ3n) is 6.48. The van der Waals surface area contributed by atoms with Crippen LogP contribution in [0.15, 0.2) is 41.3 Å². The van der Waals surface area contributed by atoms with Gasteiger partial charge in [0.25, 0.3) is 5.56 Å². The van der Waals surface area contributed by atoms with Gasteiger partial charge in [0.15, 0.2) is 0 Å². The van der Waals surface area contributed by atoms with Crippen molar-refractivity contribution in [3.8, 4) is 5.69 Å². The van der Waals surface area contributed by atoms with E-state index >= 15 is 0 Å². The molecule has 0 bridgehead atoms. The van der Waals surface area contributed by atoms with Crippen LogP contribution in [0.25, 0.3) is 15.9 Å². The Morgan fingerprint density at radius 2 is 1.76 bits per heavy atom. The number of hydrogen-bond acceptors (Lipinski definition) is 7. The number of piperazine rings is 1. The van der Waals surface area contributed by atoms with Crippen LogP contribution in [0, 0.1) is 6.92 Å². The maximum atomic E-state index is 12.9. The summed E-state index contributed by atoms with van der Waals surface area (Å²) in [6.45, 7) is 5.06. The van der Waals surface area contributed by atoms with Gasteiger partial charge in [0.1, 0.15) is 21.5 Å². The molecule has 1 aliphatic heterocycles. The summed E-state index contributed by atoms with van der Waals surface area (Å²) in [5.41, 5.74) is 2.54. The fourth-order valence-electron chi connectivity index (χ4n) is 4.87. The zero-order chi connectivity index (χ0) is 22.5. The number of fused-ring (bicyclic) bond motifs is 3. The normalized spacial score (nSPS) is 15.9. The van der Waals surface area contributed by atoms with Crippen LogP contribution in [-0.2, 0) is 12.8 Å². The monoisotopic (exact) mass is 478 g/mol. The molecule has 4 aromatic rings. The number of hydrogen-bond donors (Lipinski definition) is 0. The first-order chi connectivity index (χ1) is 16.1. The van der Waals surface area contributed by atoms with Crippen LogP contribution < -0.4 is 15.4 Å². The van der Waals surface area contributed by atoms with Gasteiger partial charge >= 0.3 is 0 Å². The molecule has 0 atom stereocenters. The first kappa shape index (κ1) is 20.6. The second-order valence-corrected chi connectivity index (χ2v) is 9.96. The molecule has 1 saturated heterocycles. The van der Waals surface area contributed by atoms with E-state index < -0.39 is 0 Å². The molecule has 1 fully saturated rings. The highest BCUT2D eigenvalue weighted by Crippen LogP contribution is 2.40. The van der Waals surface area contributed by atoms with E-state index in [1.807, 2.05) is 48.6 Å². The largest absolute Gasteiger partial charge is 0.365 e. The highest BCUT2D eigenvalue weighted by atomic mass is 35.5. The van der Waals surface area contributed by atoms with E-state index in [9.17, 15) is 4.79 Å². The van der Waals surface area contributed by atoms with Crippen molar-refractivity contribution in [1.29, 1.82) is 0 Å². The fraction of sp³-hybridized carbons (Fsp3) is 0.333. The van der Waals surface area contributed by atoms with Gasteiger partial charge in [-0.3, -0.25) is 4.79 Å². The Bertz CT molecular complexity index is 1410. The Morgan fingerprint density at radius 1 is 1.00 bits per heavy atom. The van der Waals surface area contributed by atoms with Gasteiger partial charge in [-0.15, -0.1) is 11.3 Å². The molecule has 33 heavy (non-hydrogen) atoms. The Kier molecular flexibility index (Phi) is 5.07. The van der Waals surface area contributed by atoms with E-state index in [0.717, 1.165) is 55.5 Å². The first-order valence-electron chi connectivity index (χ1n) is 11.2. The van der Waals surface area contributed by atoms with Gasteiger partial charge in [0.2, 0.25) is 0 Å². The number of nitrogens with zero attached hydrogens (tertiary/aromatic N) is 6. The van der Waals surface area contributed by atoms with Crippen molar-refractivity contribution in [3.63, 3.8) is 0 Å². The molecule has 0 unspecified atom stereocenters. The number of aryl methyl sites for hydroxylation is 3. The molecular weight excluding hydrogens is 456 g/mol. The summed E-state index contributed by atoms with van der Waals surface area (Å²) < 4.78 is 1.35. The number of halogens is 1. The van der Waals surface area contributed by atoms with E-state index in [-0.39, 0.29) is 10.6 Å². The second kappa shape index (κ2) is 8.11. The molecule has 6 rings (SSSR count). The van der Waals surface area contributed by atoms with Gasteiger partial charge in [0, 0.05) is 31.1 Å². The quantitative estimate of drug-likeness (QED) is 0.443. The lowest BCUT2D eigenvalue weighted by Crippen LogP contribution is -2.47. The van der Waals surface area contributed by atoms with Gasteiger partial charge < -0.3 is 9.80 Å². The first-order valence-corrected chi connectivity index (χ1v) is 12.4. The highest BCUT2D eigenvalue weighted by molar-refractivity contribution is 7.19. The summed E-state index contributed by atoms with van der Waals surface area (Å²) in [5, 5.41) is 5.85. The molecule has 1 aromatic carbocycles. The SMILES string of the molecule is Cc1nc(N2CCN(c3cnn(-c4ccccc4)c(=O)c3Cl)CC2)c2c3c(sc2n1)CCC3. The van der Waals surface area contributed by atoms with Crippen molar-refractivity contribution in [1.82, 2.24) is 19.7 Å². The Hall–Kier alpha value is -2.97. The van der Waals surface area contributed by atoms with Gasteiger partial charge in [-0.2, -0.15) is 9.78 Å². The minimum Gasteiger partial charge on any atom is -0.365 e. The third-order valence-corrected chi connectivity index (χ3v) is 8.02. The zero-order valence-corrected chi connectivity index (χ0v) is 19.9. The minimum absolute atomic E-state index is 0.207. The maximum Gasteiger partial charge on any atom is 0.292 e. The lowest BCUT2D eigenvalue weighted by Gasteiger charge is -2.37. The molecule has 4 heterocycles. The average molecular weight is 479 g/mol. The zero-order valence-electron chi connectivity index (χ0n) is 18.3. The van der Waals surface area contributed by atoms with Crippen LogP contribution >= 0.6 is 22.9 Å². The van der Waals surface area contributed by atoms with Crippen LogP contribution in [0.5, 0.6) is 0 Å². The average Bonchev–Trinajstić information content (AvgIpc) is 3.42. The van der Waals surface area contributed by atoms with E-state index in [2.05, 4.69) is 14.9 Å². The van der Waals surface area contributed by atoms with Crippen LogP contribution in [0.4, 0.5) is 11.5 Å². The van der Waals surface area contributed by atoms with Crippen LogP contribution in [0.2, 0.25) is 5.02 Å².